The van der Waals surface area contributed by atoms with Crippen LogP contribution in [0.4, 0.5) is 0 Å². The van der Waals surface area contributed by atoms with Crippen molar-refractivity contribution in [3.05, 3.63) is 0 Å². The number of hydrogen-bond acceptors (Lipinski definition) is 2. The lowest BCUT2D eigenvalue weighted by atomic mass is 9.89. The van der Waals surface area contributed by atoms with Crippen LogP contribution in [0, 0.1) is 5.41 Å². The van der Waals surface area contributed by atoms with Gasteiger partial charge in [-0.2, -0.15) is 0 Å². The van der Waals surface area contributed by atoms with Gasteiger partial charge in [0.1, 0.15) is 0 Å². The smallest absolute Gasteiger partial charge is 0.243 e. The van der Waals surface area contributed by atoms with E-state index in [-0.39, 0.29) is 5.91 Å². The van der Waals surface area contributed by atoms with E-state index in [2.05, 4.69) is 20.8 Å². The monoisotopic (exact) mass is 173 g/mol. The van der Waals surface area contributed by atoms with E-state index < -0.39 is 0 Å². The highest BCUT2D eigenvalue weighted by molar-refractivity contribution is 5.74. The van der Waals surface area contributed by atoms with Gasteiger partial charge in [0, 0.05) is 6.42 Å². The summed E-state index contributed by atoms with van der Waals surface area (Å²) in [7, 11) is 0. The molecule has 0 saturated heterocycles. The van der Waals surface area contributed by atoms with Crippen molar-refractivity contribution >= 4 is 5.91 Å². The Morgan fingerprint density at radius 1 is 1.33 bits per heavy atom. The Morgan fingerprint density at radius 2 is 1.92 bits per heavy atom. The van der Waals surface area contributed by atoms with E-state index in [1.54, 1.807) is 5.48 Å². The Kier molecular flexibility index (Phi) is 4.90. The quantitative estimate of drug-likeness (QED) is 0.388. The summed E-state index contributed by atoms with van der Waals surface area (Å²) in [6.07, 6.45) is 3.43. The lowest BCUT2D eigenvalue weighted by molar-refractivity contribution is -0.129. The van der Waals surface area contributed by atoms with Gasteiger partial charge in [-0.3, -0.25) is 10.0 Å². The lowest BCUT2D eigenvalue weighted by Gasteiger charge is -2.17. The first-order chi connectivity index (χ1) is 5.45. The summed E-state index contributed by atoms with van der Waals surface area (Å²) in [6, 6.07) is 0. The normalized spacial score (nSPS) is 11.3. The van der Waals surface area contributed by atoms with Crippen LogP contribution in [0.3, 0.4) is 0 Å². The second-order valence-electron chi connectivity index (χ2n) is 4.30. The van der Waals surface area contributed by atoms with Crippen LogP contribution in [-0.2, 0) is 4.79 Å². The molecule has 0 atom stereocenters. The Labute approximate surface area is 74.1 Å². The summed E-state index contributed by atoms with van der Waals surface area (Å²) in [5.41, 5.74) is 1.97. The molecule has 0 spiro atoms. The van der Waals surface area contributed by atoms with Crippen LogP contribution in [0.1, 0.15) is 46.5 Å². The third-order valence-electron chi connectivity index (χ3n) is 1.71. The first kappa shape index (κ1) is 11.4. The van der Waals surface area contributed by atoms with Gasteiger partial charge in [0.2, 0.25) is 5.91 Å². The van der Waals surface area contributed by atoms with E-state index in [1.165, 1.54) is 0 Å². The molecule has 0 fully saturated rings. The number of carbonyl (C=O) groups is 1. The molecule has 0 aromatic heterocycles. The van der Waals surface area contributed by atoms with Gasteiger partial charge in [0.15, 0.2) is 0 Å². The van der Waals surface area contributed by atoms with Crippen LogP contribution in [0.25, 0.3) is 0 Å². The molecule has 0 bridgehead atoms. The number of carbonyl (C=O) groups excluding carboxylic acids is 1. The summed E-state index contributed by atoms with van der Waals surface area (Å²) >= 11 is 0. The third-order valence-corrected chi connectivity index (χ3v) is 1.71. The van der Waals surface area contributed by atoms with Gasteiger partial charge < -0.3 is 0 Å². The molecule has 0 aromatic carbocycles. The minimum absolute atomic E-state index is 0.288. The Morgan fingerprint density at radius 3 is 2.33 bits per heavy atom. The number of nitrogens with one attached hydrogen (secondary N) is 1. The van der Waals surface area contributed by atoms with E-state index in [0.29, 0.717) is 11.8 Å². The zero-order valence-corrected chi connectivity index (χ0v) is 8.18. The molecular formula is C9H19NO2. The van der Waals surface area contributed by atoms with Crippen molar-refractivity contribution in [2.75, 3.05) is 0 Å². The van der Waals surface area contributed by atoms with Crippen molar-refractivity contribution in [3.8, 4) is 0 Å². The number of hydrogen-bond donors (Lipinski definition) is 2. The van der Waals surface area contributed by atoms with Crippen LogP contribution >= 0.6 is 0 Å². The van der Waals surface area contributed by atoms with Crippen LogP contribution in [-0.4, -0.2) is 11.1 Å². The summed E-state index contributed by atoms with van der Waals surface area (Å²) < 4.78 is 0. The van der Waals surface area contributed by atoms with Crippen molar-refractivity contribution in [2.24, 2.45) is 5.41 Å². The maximum atomic E-state index is 10.6. The Balaban J connectivity index is 3.28. The van der Waals surface area contributed by atoms with E-state index in [0.717, 1.165) is 19.3 Å². The number of amides is 1. The van der Waals surface area contributed by atoms with Crippen LogP contribution < -0.4 is 5.48 Å². The molecule has 3 nitrogen and oxygen atoms in total. The number of rotatable bonds is 4. The van der Waals surface area contributed by atoms with Crippen molar-refractivity contribution in [2.45, 2.75) is 46.5 Å². The highest BCUT2D eigenvalue weighted by atomic mass is 16.5. The summed E-state index contributed by atoms with van der Waals surface area (Å²) in [5.74, 6) is -0.288. The van der Waals surface area contributed by atoms with E-state index in [1.807, 2.05) is 0 Å². The fraction of sp³-hybridized carbons (Fsp3) is 0.889. The van der Waals surface area contributed by atoms with Gasteiger partial charge >= 0.3 is 0 Å². The van der Waals surface area contributed by atoms with Crippen molar-refractivity contribution < 1.29 is 10.0 Å². The molecule has 1 amide bonds. The van der Waals surface area contributed by atoms with E-state index in [4.69, 9.17) is 5.21 Å². The minimum Gasteiger partial charge on any atom is -0.289 e. The maximum absolute atomic E-state index is 10.6. The fourth-order valence-corrected chi connectivity index (χ4v) is 0.997. The molecule has 0 aliphatic heterocycles. The molecule has 0 aliphatic carbocycles. The molecule has 72 valence electrons. The number of hydroxylamine groups is 1. The molecule has 0 aliphatic rings. The zero-order chi connectivity index (χ0) is 9.61. The van der Waals surface area contributed by atoms with Gasteiger partial charge in [0.05, 0.1) is 0 Å². The Hall–Kier alpha value is -0.570. The predicted molar refractivity (Wildman–Crippen MR) is 47.9 cm³/mol. The number of unbranched alkanes of at least 4 members (excludes halogenated alkanes) is 1. The summed E-state index contributed by atoms with van der Waals surface area (Å²) in [5, 5.41) is 8.19. The standard InChI is InChI=1S/C9H19NO2/c1-9(2,3)7-5-4-6-8(11)10-12/h12H,4-7H2,1-3H3,(H,10,11). The van der Waals surface area contributed by atoms with Crippen molar-refractivity contribution in [1.82, 2.24) is 5.48 Å². The molecule has 0 rings (SSSR count). The predicted octanol–water partition coefficient (Wildman–Crippen LogP) is 2.10. The largest absolute Gasteiger partial charge is 0.289 e. The van der Waals surface area contributed by atoms with Crippen LogP contribution in [0.15, 0.2) is 0 Å². The second kappa shape index (κ2) is 5.14. The average Bonchev–Trinajstić information content (AvgIpc) is 1.96. The first-order valence-corrected chi connectivity index (χ1v) is 4.38. The lowest BCUT2D eigenvalue weighted by Crippen LogP contribution is -2.18. The Bertz CT molecular complexity index is 138. The van der Waals surface area contributed by atoms with Gasteiger partial charge in [-0.15, -0.1) is 0 Å². The van der Waals surface area contributed by atoms with Gasteiger partial charge in [-0.05, 0) is 18.3 Å². The maximum Gasteiger partial charge on any atom is 0.243 e. The topological polar surface area (TPSA) is 49.3 Å². The summed E-state index contributed by atoms with van der Waals surface area (Å²) in [4.78, 5) is 10.6. The fourth-order valence-electron chi connectivity index (χ4n) is 0.997. The molecule has 0 heterocycles. The molecule has 0 radical (unpaired) electrons. The van der Waals surface area contributed by atoms with Gasteiger partial charge in [0.25, 0.3) is 0 Å². The third kappa shape index (κ3) is 7.54. The highest BCUT2D eigenvalue weighted by Gasteiger charge is 2.09. The van der Waals surface area contributed by atoms with Crippen LogP contribution in [0.5, 0.6) is 0 Å². The molecule has 2 N–H and O–H groups in total. The minimum atomic E-state index is -0.288. The zero-order valence-electron chi connectivity index (χ0n) is 8.18. The van der Waals surface area contributed by atoms with Crippen LogP contribution in [0.2, 0.25) is 0 Å². The van der Waals surface area contributed by atoms with Gasteiger partial charge in [-0.25, -0.2) is 5.48 Å². The van der Waals surface area contributed by atoms with Crippen molar-refractivity contribution in [1.29, 1.82) is 0 Å². The second-order valence-corrected chi connectivity index (χ2v) is 4.30. The van der Waals surface area contributed by atoms with Gasteiger partial charge in [-0.1, -0.05) is 27.2 Å². The van der Waals surface area contributed by atoms with E-state index >= 15 is 0 Å². The van der Waals surface area contributed by atoms with Crippen molar-refractivity contribution in [3.63, 3.8) is 0 Å². The molecule has 0 unspecified atom stereocenters. The highest BCUT2D eigenvalue weighted by Crippen LogP contribution is 2.21. The molecule has 0 saturated carbocycles. The molecule has 3 heteroatoms. The molecular weight excluding hydrogens is 154 g/mol. The van der Waals surface area contributed by atoms with E-state index in [9.17, 15) is 4.79 Å². The first-order valence-electron chi connectivity index (χ1n) is 4.38. The molecule has 12 heavy (non-hydrogen) atoms. The SMILES string of the molecule is CC(C)(C)CCCCC(=O)NO. The average molecular weight is 173 g/mol. The summed E-state index contributed by atoms with van der Waals surface area (Å²) in [6.45, 7) is 6.54. The molecule has 0 aromatic rings.